The van der Waals surface area contributed by atoms with Gasteiger partial charge in [-0.15, -0.1) is 0 Å². The molecule has 1 aliphatic heterocycles. The van der Waals surface area contributed by atoms with E-state index in [1.165, 1.54) is 0 Å². The Kier molecular flexibility index (Phi) is 10.1. The molecule has 1 fully saturated rings. The second kappa shape index (κ2) is 12.0. The molecule has 0 aromatic rings. The Morgan fingerprint density at radius 2 is 1.83 bits per heavy atom. The summed E-state index contributed by atoms with van der Waals surface area (Å²) in [6, 6.07) is -2.54. The van der Waals surface area contributed by atoms with Gasteiger partial charge in [-0.05, 0) is 31.7 Å². The van der Waals surface area contributed by atoms with Crippen LogP contribution in [0, 0.1) is 5.92 Å². The van der Waals surface area contributed by atoms with E-state index in [0.29, 0.717) is 12.8 Å². The van der Waals surface area contributed by atoms with E-state index in [4.69, 9.17) is 10.2 Å². The van der Waals surface area contributed by atoms with Gasteiger partial charge in [-0.1, -0.05) is 20.3 Å². The Hall–Kier alpha value is -2.69. The second-order valence-corrected chi connectivity index (χ2v) is 7.13. The fraction of sp³-hybridized carbons (Fsp3) is 0.722. The SMILES string of the molecule is CCC(C)C(NC(=O)C1CCCN1)C(=O)NCC(=O)NC(CCC(=O)O)C(=O)O. The average Bonchev–Trinajstić information content (AvgIpc) is 3.21. The van der Waals surface area contributed by atoms with Crippen LogP contribution >= 0.6 is 0 Å². The summed E-state index contributed by atoms with van der Waals surface area (Å²) in [5.74, 6) is -4.29. The predicted molar refractivity (Wildman–Crippen MR) is 102 cm³/mol. The molecule has 4 unspecified atom stereocenters. The van der Waals surface area contributed by atoms with E-state index in [2.05, 4.69) is 21.3 Å². The highest BCUT2D eigenvalue weighted by atomic mass is 16.4. The lowest BCUT2D eigenvalue weighted by Gasteiger charge is -2.25. The molecule has 1 saturated heterocycles. The maximum absolute atomic E-state index is 12.5. The summed E-state index contributed by atoms with van der Waals surface area (Å²) < 4.78 is 0. The summed E-state index contributed by atoms with van der Waals surface area (Å²) in [4.78, 5) is 58.5. The van der Waals surface area contributed by atoms with Crippen LogP contribution in [-0.2, 0) is 24.0 Å². The van der Waals surface area contributed by atoms with E-state index in [1.54, 1.807) is 6.92 Å². The van der Waals surface area contributed by atoms with Crippen molar-refractivity contribution in [3.05, 3.63) is 0 Å². The van der Waals surface area contributed by atoms with E-state index in [9.17, 15) is 24.0 Å². The van der Waals surface area contributed by atoms with Crippen LogP contribution < -0.4 is 21.3 Å². The van der Waals surface area contributed by atoms with Gasteiger partial charge >= 0.3 is 11.9 Å². The number of carboxylic acid groups (broad SMARTS) is 2. The maximum atomic E-state index is 12.5. The largest absolute Gasteiger partial charge is 0.481 e. The third kappa shape index (κ3) is 8.46. The van der Waals surface area contributed by atoms with Crippen molar-refractivity contribution < 1.29 is 34.2 Å². The van der Waals surface area contributed by atoms with Crippen LogP contribution in [-0.4, -0.2) is 71.1 Å². The molecular weight excluding hydrogens is 384 g/mol. The third-order valence-corrected chi connectivity index (χ3v) is 4.87. The Bertz CT molecular complexity index is 619. The van der Waals surface area contributed by atoms with Crippen molar-refractivity contribution in [1.82, 2.24) is 21.3 Å². The van der Waals surface area contributed by atoms with Crippen LogP contribution in [0.4, 0.5) is 0 Å². The molecule has 11 heteroatoms. The first-order chi connectivity index (χ1) is 13.6. The van der Waals surface area contributed by atoms with Gasteiger partial charge < -0.3 is 31.5 Å². The van der Waals surface area contributed by atoms with Gasteiger partial charge in [-0.25, -0.2) is 4.79 Å². The van der Waals surface area contributed by atoms with E-state index in [1.807, 2.05) is 6.92 Å². The fourth-order valence-electron chi connectivity index (χ4n) is 2.91. The Balaban J connectivity index is 2.59. The van der Waals surface area contributed by atoms with Gasteiger partial charge in [-0.3, -0.25) is 19.2 Å². The lowest BCUT2D eigenvalue weighted by atomic mass is 9.97. The second-order valence-electron chi connectivity index (χ2n) is 7.13. The van der Waals surface area contributed by atoms with Crippen LogP contribution in [0.15, 0.2) is 0 Å². The topological polar surface area (TPSA) is 174 Å². The molecule has 6 N–H and O–H groups in total. The van der Waals surface area contributed by atoms with Gasteiger partial charge in [0.2, 0.25) is 17.7 Å². The molecule has 1 heterocycles. The molecule has 0 radical (unpaired) electrons. The zero-order valence-corrected chi connectivity index (χ0v) is 16.7. The van der Waals surface area contributed by atoms with Crippen molar-refractivity contribution in [3.63, 3.8) is 0 Å². The zero-order chi connectivity index (χ0) is 22.0. The number of carbonyl (C=O) groups excluding carboxylic acids is 3. The number of amides is 3. The van der Waals surface area contributed by atoms with Crippen molar-refractivity contribution in [2.75, 3.05) is 13.1 Å². The highest BCUT2D eigenvalue weighted by Crippen LogP contribution is 2.11. The molecule has 11 nitrogen and oxygen atoms in total. The van der Waals surface area contributed by atoms with Crippen molar-refractivity contribution >= 4 is 29.7 Å². The summed E-state index contributed by atoms with van der Waals surface area (Å²) in [5, 5.41) is 28.1. The minimum atomic E-state index is -1.37. The quantitative estimate of drug-likeness (QED) is 0.231. The normalized spacial score (nSPS) is 18.9. The molecule has 0 spiro atoms. The van der Waals surface area contributed by atoms with Crippen LogP contribution in [0.1, 0.15) is 46.0 Å². The molecule has 4 atom stereocenters. The molecular formula is C18H30N4O7. The van der Waals surface area contributed by atoms with Gasteiger partial charge in [-0.2, -0.15) is 0 Å². The Labute approximate surface area is 169 Å². The molecule has 3 amide bonds. The monoisotopic (exact) mass is 414 g/mol. The fourth-order valence-corrected chi connectivity index (χ4v) is 2.91. The molecule has 29 heavy (non-hydrogen) atoms. The average molecular weight is 414 g/mol. The first-order valence-corrected chi connectivity index (χ1v) is 9.71. The van der Waals surface area contributed by atoms with Crippen molar-refractivity contribution in [2.45, 2.75) is 64.1 Å². The molecule has 164 valence electrons. The Morgan fingerprint density at radius 3 is 2.34 bits per heavy atom. The number of aliphatic carboxylic acids is 2. The van der Waals surface area contributed by atoms with Crippen molar-refractivity contribution in [1.29, 1.82) is 0 Å². The number of hydrogen-bond acceptors (Lipinski definition) is 6. The number of nitrogens with one attached hydrogen (secondary N) is 4. The van der Waals surface area contributed by atoms with Gasteiger partial charge in [0.1, 0.15) is 12.1 Å². The highest BCUT2D eigenvalue weighted by molar-refractivity contribution is 5.92. The summed E-state index contributed by atoms with van der Waals surface area (Å²) in [5.41, 5.74) is 0. The molecule has 0 saturated carbocycles. The third-order valence-electron chi connectivity index (χ3n) is 4.87. The number of carbonyl (C=O) groups is 5. The number of hydrogen-bond donors (Lipinski definition) is 6. The van der Waals surface area contributed by atoms with Crippen LogP contribution in [0.5, 0.6) is 0 Å². The molecule has 0 aromatic heterocycles. The Morgan fingerprint density at radius 1 is 1.14 bits per heavy atom. The molecule has 0 aromatic carbocycles. The van der Waals surface area contributed by atoms with E-state index >= 15 is 0 Å². The number of carboxylic acids is 2. The van der Waals surface area contributed by atoms with Crippen molar-refractivity contribution in [3.8, 4) is 0 Å². The van der Waals surface area contributed by atoms with Crippen LogP contribution in [0.3, 0.4) is 0 Å². The van der Waals surface area contributed by atoms with Crippen LogP contribution in [0.2, 0.25) is 0 Å². The lowest BCUT2D eigenvalue weighted by Crippen LogP contribution is -2.55. The minimum absolute atomic E-state index is 0.175. The minimum Gasteiger partial charge on any atom is -0.481 e. The zero-order valence-electron chi connectivity index (χ0n) is 16.7. The van der Waals surface area contributed by atoms with E-state index in [0.717, 1.165) is 13.0 Å². The van der Waals surface area contributed by atoms with Gasteiger partial charge in [0.05, 0.1) is 12.6 Å². The van der Waals surface area contributed by atoms with E-state index in [-0.39, 0.29) is 24.3 Å². The summed E-state index contributed by atoms with van der Waals surface area (Å²) in [6.07, 6.45) is 1.51. The maximum Gasteiger partial charge on any atom is 0.326 e. The highest BCUT2D eigenvalue weighted by Gasteiger charge is 2.30. The first kappa shape index (κ1) is 24.3. The molecule has 1 rings (SSSR count). The molecule has 0 aliphatic carbocycles. The summed E-state index contributed by atoms with van der Waals surface area (Å²) in [6.45, 7) is 3.93. The van der Waals surface area contributed by atoms with Gasteiger partial charge in [0.25, 0.3) is 0 Å². The summed E-state index contributed by atoms with van der Waals surface area (Å²) in [7, 11) is 0. The van der Waals surface area contributed by atoms with Crippen molar-refractivity contribution in [2.24, 2.45) is 5.92 Å². The van der Waals surface area contributed by atoms with E-state index < -0.39 is 48.8 Å². The van der Waals surface area contributed by atoms with Gasteiger partial charge in [0, 0.05) is 6.42 Å². The number of rotatable bonds is 12. The summed E-state index contributed by atoms with van der Waals surface area (Å²) >= 11 is 0. The van der Waals surface area contributed by atoms with Crippen LogP contribution in [0.25, 0.3) is 0 Å². The smallest absolute Gasteiger partial charge is 0.326 e. The molecule has 1 aliphatic rings. The first-order valence-electron chi connectivity index (χ1n) is 9.71. The van der Waals surface area contributed by atoms with Gasteiger partial charge in [0.15, 0.2) is 0 Å². The predicted octanol–water partition coefficient (Wildman–Crippen LogP) is -1.18. The molecule has 0 bridgehead atoms. The lowest BCUT2D eigenvalue weighted by molar-refractivity contribution is -0.143. The standard InChI is InChI=1S/C18H30N4O7/c1-3-10(2)15(22-16(26)11-5-4-8-19-11)17(27)20-9-13(23)21-12(18(28)29)6-7-14(24)25/h10-12,15,19H,3-9H2,1-2H3,(H,20,27)(H,21,23)(H,22,26)(H,24,25)(H,28,29).